The minimum atomic E-state index is -3.73. The van der Waals surface area contributed by atoms with Crippen LogP contribution in [0.4, 0.5) is 0 Å². The second-order valence-corrected chi connectivity index (χ2v) is 8.61. The molecule has 0 saturated heterocycles. The van der Waals surface area contributed by atoms with Crippen LogP contribution in [0.25, 0.3) is 0 Å². The van der Waals surface area contributed by atoms with Gasteiger partial charge in [0.1, 0.15) is 10.6 Å². The highest BCUT2D eigenvalue weighted by Gasteiger charge is 2.38. The Morgan fingerprint density at radius 3 is 2.41 bits per heavy atom. The lowest BCUT2D eigenvalue weighted by Crippen LogP contribution is -2.45. The van der Waals surface area contributed by atoms with Crippen LogP contribution in [0.2, 0.25) is 0 Å². The van der Waals surface area contributed by atoms with E-state index >= 15 is 0 Å². The Balaban J connectivity index is 1.80. The van der Waals surface area contributed by atoms with E-state index in [1.807, 2.05) is 18.2 Å². The second kappa shape index (κ2) is 7.70. The van der Waals surface area contributed by atoms with E-state index in [1.54, 1.807) is 6.07 Å². The van der Waals surface area contributed by atoms with E-state index in [-0.39, 0.29) is 27.5 Å². The minimum absolute atomic E-state index is 0.0384. The lowest BCUT2D eigenvalue weighted by Gasteiger charge is -2.42. The number of hydrogen-bond acceptors (Lipinski definition) is 4. The molecule has 3 rings (SSSR count). The number of carbonyl (C=O) groups excluding carboxylic acids is 1. The summed E-state index contributed by atoms with van der Waals surface area (Å²) in [5.74, 6) is -0.104. The van der Waals surface area contributed by atoms with Gasteiger partial charge in [0, 0.05) is 17.5 Å². The first-order valence-electron chi connectivity index (χ1n) is 8.87. The Hall–Kier alpha value is -2.38. The lowest BCUT2D eigenvalue weighted by atomic mass is 9.64. The molecule has 1 saturated carbocycles. The molecular weight excluding hydrogens is 364 g/mol. The molecule has 1 aliphatic carbocycles. The van der Waals surface area contributed by atoms with Crippen LogP contribution in [-0.4, -0.2) is 35.0 Å². The largest absolute Gasteiger partial charge is 0.495 e. The van der Waals surface area contributed by atoms with E-state index in [9.17, 15) is 13.2 Å². The zero-order chi connectivity index (χ0) is 19.5. The van der Waals surface area contributed by atoms with Gasteiger partial charge in [-0.3, -0.25) is 4.79 Å². The van der Waals surface area contributed by atoms with Crippen LogP contribution >= 0.6 is 0 Å². The van der Waals surface area contributed by atoms with Gasteiger partial charge in [-0.1, -0.05) is 36.8 Å². The summed E-state index contributed by atoms with van der Waals surface area (Å²) in [6.07, 6.45) is 3.19. The van der Waals surface area contributed by atoms with Crippen molar-refractivity contribution in [3.63, 3.8) is 0 Å². The van der Waals surface area contributed by atoms with Gasteiger partial charge < -0.3 is 10.1 Å². The number of methoxy groups -OCH3 is 1. The van der Waals surface area contributed by atoms with Gasteiger partial charge >= 0.3 is 0 Å². The number of carbonyl (C=O) groups is 1. The van der Waals surface area contributed by atoms with E-state index in [1.165, 1.54) is 31.9 Å². The quantitative estimate of drug-likeness (QED) is 0.763. The zero-order valence-electron chi connectivity index (χ0n) is 15.5. The van der Waals surface area contributed by atoms with Gasteiger partial charge in [0.25, 0.3) is 5.91 Å². The first kappa shape index (κ1) is 19.4. The highest BCUT2D eigenvalue weighted by molar-refractivity contribution is 7.89. The highest BCUT2D eigenvalue weighted by atomic mass is 32.2. The average Bonchev–Trinajstić information content (AvgIpc) is 2.67. The molecule has 0 heterocycles. The van der Waals surface area contributed by atoms with Gasteiger partial charge in [-0.15, -0.1) is 0 Å². The number of ether oxygens (including phenoxy) is 1. The molecule has 2 aromatic carbocycles. The summed E-state index contributed by atoms with van der Waals surface area (Å²) >= 11 is 0. The number of hydrogen-bond donors (Lipinski definition) is 2. The number of sulfonamides is 1. The van der Waals surface area contributed by atoms with Gasteiger partial charge in [-0.2, -0.15) is 0 Å². The van der Waals surface area contributed by atoms with Gasteiger partial charge in [-0.05, 0) is 43.7 Å². The summed E-state index contributed by atoms with van der Waals surface area (Å²) in [4.78, 5) is 12.6. The van der Waals surface area contributed by atoms with E-state index in [2.05, 4.69) is 22.2 Å². The standard InChI is InChI=1S/C20H24N2O4S/c1-21-27(24,25)18-13-15(9-10-17(18)26-2)19(23)22-14-20(11-6-12-20)16-7-4-3-5-8-16/h3-5,7-10,13,21H,6,11-12,14H2,1-2H3,(H,22,23). The van der Waals surface area contributed by atoms with E-state index < -0.39 is 10.0 Å². The molecular formula is C20H24N2O4S. The van der Waals surface area contributed by atoms with Gasteiger partial charge in [0.2, 0.25) is 10.0 Å². The summed E-state index contributed by atoms with van der Waals surface area (Å²) < 4.78 is 31.8. The third-order valence-corrected chi connectivity index (χ3v) is 6.70. The average molecular weight is 388 g/mol. The number of rotatable bonds is 7. The van der Waals surface area contributed by atoms with Crippen LogP contribution in [0.3, 0.4) is 0 Å². The number of benzene rings is 2. The molecule has 27 heavy (non-hydrogen) atoms. The summed E-state index contributed by atoms with van der Waals surface area (Å²) in [5, 5.41) is 2.98. The van der Waals surface area contributed by atoms with Crippen molar-refractivity contribution in [3.8, 4) is 5.75 Å². The highest BCUT2D eigenvalue weighted by Crippen LogP contribution is 2.43. The topological polar surface area (TPSA) is 84.5 Å². The van der Waals surface area contributed by atoms with Gasteiger partial charge in [0.15, 0.2) is 0 Å². The van der Waals surface area contributed by atoms with Crippen molar-refractivity contribution in [2.45, 2.75) is 29.6 Å². The molecule has 0 spiro atoms. The Labute approximate surface area is 160 Å². The van der Waals surface area contributed by atoms with Gasteiger partial charge in [0.05, 0.1) is 7.11 Å². The van der Waals surface area contributed by atoms with Gasteiger partial charge in [-0.25, -0.2) is 13.1 Å². The third-order valence-electron chi connectivity index (χ3n) is 5.27. The molecule has 2 N–H and O–H groups in total. The molecule has 7 heteroatoms. The van der Waals surface area contributed by atoms with Crippen LogP contribution in [0.5, 0.6) is 5.75 Å². The third kappa shape index (κ3) is 3.84. The number of amides is 1. The first-order valence-corrected chi connectivity index (χ1v) is 10.4. The molecule has 6 nitrogen and oxygen atoms in total. The Kier molecular flexibility index (Phi) is 5.53. The Morgan fingerprint density at radius 2 is 1.85 bits per heavy atom. The normalized spacial score (nSPS) is 15.6. The summed E-state index contributed by atoms with van der Waals surface area (Å²) in [7, 11) is -1.02. The molecule has 0 atom stereocenters. The van der Waals surface area contributed by atoms with Crippen molar-refractivity contribution >= 4 is 15.9 Å². The van der Waals surface area contributed by atoms with Crippen molar-refractivity contribution in [2.24, 2.45) is 0 Å². The molecule has 0 aromatic heterocycles. The monoisotopic (exact) mass is 388 g/mol. The zero-order valence-corrected chi connectivity index (χ0v) is 16.3. The maximum atomic E-state index is 12.7. The fourth-order valence-electron chi connectivity index (χ4n) is 3.45. The van der Waals surface area contributed by atoms with Crippen molar-refractivity contribution < 1.29 is 17.9 Å². The fraction of sp³-hybridized carbons (Fsp3) is 0.350. The van der Waals surface area contributed by atoms with E-state index in [0.29, 0.717) is 6.54 Å². The molecule has 144 valence electrons. The van der Waals surface area contributed by atoms with Crippen LogP contribution < -0.4 is 14.8 Å². The molecule has 0 radical (unpaired) electrons. The predicted octanol–water partition coefficient (Wildman–Crippen LogP) is 2.46. The van der Waals surface area contributed by atoms with Crippen LogP contribution in [0.15, 0.2) is 53.4 Å². The maximum Gasteiger partial charge on any atom is 0.251 e. The SMILES string of the molecule is CNS(=O)(=O)c1cc(C(=O)NCC2(c3ccccc3)CCC2)ccc1OC. The molecule has 0 unspecified atom stereocenters. The minimum Gasteiger partial charge on any atom is -0.495 e. The fourth-order valence-corrected chi connectivity index (χ4v) is 4.37. The van der Waals surface area contributed by atoms with Crippen LogP contribution in [-0.2, 0) is 15.4 Å². The van der Waals surface area contributed by atoms with E-state index in [0.717, 1.165) is 19.3 Å². The lowest BCUT2D eigenvalue weighted by molar-refractivity contribution is 0.0927. The molecule has 0 aliphatic heterocycles. The Bertz CT molecular complexity index is 922. The maximum absolute atomic E-state index is 12.7. The van der Waals surface area contributed by atoms with Crippen molar-refractivity contribution in [1.29, 1.82) is 0 Å². The first-order chi connectivity index (χ1) is 12.9. The predicted molar refractivity (Wildman–Crippen MR) is 104 cm³/mol. The molecule has 1 fully saturated rings. The van der Waals surface area contributed by atoms with Crippen LogP contribution in [0, 0.1) is 0 Å². The smallest absolute Gasteiger partial charge is 0.251 e. The summed E-state index contributed by atoms with van der Waals surface area (Å²) in [5.41, 5.74) is 1.47. The van der Waals surface area contributed by atoms with Crippen molar-refractivity contribution in [1.82, 2.24) is 10.0 Å². The molecule has 1 aliphatic rings. The van der Waals surface area contributed by atoms with Crippen molar-refractivity contribution in [2.75, 3.05) is 20.7 Å². The second-order valence-electron chi connectivity index (χ2n) is 6.76. The summed E-state index contributed by atoms with van der Waals surface area (Å²) in [6.45, 7) is 0.524. The van der Waals surface area contributed by atoms with Crippen molar-refractivity contribution in [3.05, 3.63) is 59.7 Å². The summed E-state index contributed by atoms with van der Waals surface area (Å²) in [6, 6.07) is 14.6. The Morgan fingerprint density at radius 1 is 1.15 bits per heavy atom. The molecule has 1 amide bonds. The van der Waals surface area contributed by atoms with E-state index in [4.69, 9.17) is 4.74 Å². The molecule has 2 aromatic rings. The molecule has 0 bridgehead atoms. The number of nitrogens with one attached hydrogen (secondary N) is 2. The van der Waals surface area contributed by atoms with Crippen LogP contribution in [0.1, 0.15) is 35.2 Å².